The Balaban J connectivity index is 1.74. The summed E-state index contributed by atoms with van der Waals surface area (Å²) in [7, 11) is 0. The van der Waals surface area contributed by atoms with Gasteiger partial charge in [0, 0.05) is 30.1 Å². The molecule has 3 rings (SSSR count). The summed E-state index contributed by atoms with van der Waals surface area (Å²) in [6, 6.07) is 3.64. The van der Waals surface area contributed by atoms with Crippen LogP contribution in [-0.2, 0) is 0 Å². The quantitative estimate of drug-likeness (QED) is 0.909. The van der Waals surface area contributed by atoms with Gasteiger partial charge in [-0.2, -0.15) is 11.3 Å². The van der Waals surface area contributed by atoms with Gasteiger partial charge < -0.3 is 10.2 Å². The van der Waals surface area contributed by atoms with Crippen LogP contribution >= 0.6 is 11.3 Å². The van der Waals surface area contributed by atoms with Crippen LogP contribution in [0, 0.1) is 0 Å². The van der Waals surface area contributed by atoms with E-state index in [0.29, 0.717) is 18.1 Å². The molecule has 2 atom stereocenters. The number of fused-ring (bicyclic) bond motifs is 2. The summed E-state index contributed by atoms with van der Waals surface area (Å²) < 4.78 is 0. The van der Waals surface area contributed by atoms with Gasteiger partial charge in [0.05, 0.1) is 5.56 Å². The van der Waals surface area contributed by atoms with E-state index in [-0.39, 0.29) is 5.91 Å². The maximum Gasteiger partial charge on any atom is 0.254 e. The molecule has 1 N–H and O–H groups in total. The Kier molecular flexibility index (Phi) is 3.39. The highest BCUT2D eigenvalue weighted by Crippen LogP contribution is 2.30. The Labute approximate surface area is 112 Å². The highest BCUT2D eigenvalue weighted by atomic mass is 32.1. The lowest BCUT2D eigenvalue weighted by Crippen LogP contribution is -2.50. The van der Waals surface area contributed by atoms with Gasteiger partial charge in [0.1, 0.15) is 0 Å². The fourth-order valence-electron chi connectivity index (χ4n) is 3.40. The second-order valence-electron chi connectivity index (χ2n) is 5.37. The maximum atomic E-state index is 12.5. The number of thiophene rings is 1. The number of carbonyl (C=O) groups is 1. The molecular formula is C14H20N2OS. The minimum atomic E-state index is 0.213. The number of carbonyl (C=O) groups excluding carboxylic acids is 1. The van der Waals surface area contributed by atoms with Gasteiger partial charge in [-0.1, -0.05) is 0 Å². The van der Waals surface area contributed by atoms with Crippen molar-refractivity contribution in [2.75, 3.05) is 6.54 Å². The minimum absolute atomic E-state index is 0.213. The number of rotatable bonds is 3. The van der Waals surface area contributed by atoms with Crippen molar-refractivity contribution in [3.63, 3.8) is 0 Å². The first-order valence-corrected chi connectivity index (χ1v) is 7.81. The SMILES string of the molecule is CCN(C(=O)c1ccsc1)C1CC2CCC(C1)N2. The zero-order valence-electron chi connectivity index (χ0n) is 10.8. The van der Waals surface area contributed by atoms with Gasteiger partial charge in [-0.25, -0.2) is 0 Å². The summed E-state index contributed by atoms with van der Waals surface area (Å²) in [4.78, 5) is 14.6. The van der Waals surface area contributed by atoms with Gasteiger partial charge >= 0.3 is 0 Å². The average molecular weight is 264 g/mol. The molecule has 2 saturated heterocycles. The van der Waals surface area contributed by atoms with Crippen molar-refractivity contribution in [2.24, 2.45) is 0 Å². The average Bonchev–Trinajstić information content (AvgIpc) is 3.00. The Bertz CT molecular complexity index is 405. The van der Waals surface area contributed by atoms with E-state index in [0.717, 1.165) is 24.9 Å². The third kappa shape index (κ3) is 2.19. The van der Waals surface area contributed by atoms with Crippen molar-refractivity contribution >= 4 is 17.2 Å². The molecule has 2 unspecified atom stereocenters. The van der Waals surface area contributed by atoms with Crippen LogP contribution in [0.25, 0.3) is 0 Å². The standard InChI is InChI=1S/C14H20N2OS/c1-2-16(14(17)10-5-6-18-9-10)13-7-11-3-4-12(8-13)15-11/h5-6,9,11-13,15H,2-4,7-8H2,1H3. The normalized spacial score (nSPS) is 30.4. The first kappa shape index (κ1) is 12.2. The topological polar surface area (TPSA) is 32.3 Å². The van der Waals surface area contributed by atoms with Gasteiger partial charge in [-0.05, 0) is 44.1 Å². The van der Waals surface area contributed by atoms with Crippen LogP contribution in [0.3, 0.4) is 0 Å². The van der Waals surface area contributed by atoms with E-state index in [9.17, 15) is 4.79 Å². The third-order valence-corrected chi connectivity index (χ3v) is 4.94. The summed E-state index contributed by atoms with van der Waals surface area (Å²) >= 11 is 1.60. The van der Waals surface area contributed by atoms with Crippen LogP contribution in [-0.4, -0.2) is 35.5 Å². The molecular weight excluding hydrogens is 244 g/mol. The van der Waals surface area contributed by atoms with Gasteiger partial charge in [0.25, 0.3) is 5.91 Å². The molecule has 1 amide bonds. The summed E-state index contributed by atoms with van der Waals surface area (Å²) in [5.41, 5.74) is 0.854. The summed E-state index contributed by atoms with van der Waals surface area (Å²) in [5.74, 6) is 0.213. The van der Waals surface area contributed by atoms with Crippen LogP contribution in [0.2, 0.25) is 0 Å². The summed E-state index contributed by atoms with van der Waals surface area (Å²) in [5, 5.41) is 7.58. The van der Waals surface area contributed by atoms with E-state index in [1.54, 1.807) is 11.3 Å². The maximum absolute atomic E-state index is 12.5. The van der Waals surface area contributed by atoms with Gasteiger partial charge in [0.2, 0.25) is 0 Å². The molecule has 3 heterocycles. The molecule has 0 aromatic carbocycles. The lowest BCUT2D eigenvalue weighted by molar-refractivity contribution is 0.0631. The van der Waals surface area contributed by atoms with Gasteiger partial charge in [-0.15, -0.1) is 0 Å². The van der Waals surface area contributed by atoms with E-state index in [1.165, 1.54) is 12.8 Å². The molecule has 2 fully saturated rings. The number of nitrogens with zero attached hydrogens (tertiary/aromatic N) is 1. The lowest BCUT2D eigenvalue weighted by Gasteiger charge is -2.37. The number of nitrogens with one attached hydrogen (secondary N) is 1. The second kappa shape index (κ2) is 5.02. The van der Waals surface area contributed by atoms with Gasteiger partial charge in [0.15, 0.2) is 0 Å². The van der Waals surface area contributed by atoms with Crippen molar-refractivity contribution in [1.82, 2.24) is 10.2 Å². The van der Waals surface area contributed by atoms with E-state index in [1.807, 2.05) is 16.8 Å². The molecule has 2 aliphatic rings. The molecule has 2 aliphatic heterocycles. The lowest BCUT2D eigenvalue weighted by atomic mass is 9.97. The molecule has 0 saturated carbocycles. The Morgan fingerprint density at radius 1 is 1.44 bits per heavy atom. The van der Waals surface area contributed by atoms with Crippen LogP contribution in [0.5, 0.6) is 0 Å². The highest BCUT2D eigenvalue weighted by Gasteiger charge is 2.37. The molecule has 98 valence electrons. The molecule has 1 aromatic rings. The fraction of sp³-hybridized carbons (Fsp3) is 0.643. The van der Waals surface area contributed by atoms with Crippen LogP contribution in [0.15, 0.2) is 16.8 Å². The Morgan fingerprint density at radius 2 is 2.17 bits per heavy atom. The van der Waals surface area contributed by atoms with Crippen LogP contribution in [0.4, 0.5) is 0 Å². The van der Waals surface area contributed by atoms with Crippen molar-refractivity contribution in [2.45, 2.75) is 50.7 Å². The highest BCUT2D eigenvalue weighted by molar-refractivity contribution is 7.08. The third-order valence-electron chi connectivity index (χ3n) is 4.26. The molecule has 18 heavy (non-hydrogen) atoms. The zero-order valence-corrected chi connectivity index (χ0v) is 11.6. The number of piperidine rings is 1. The van der Waals surface area contributed by atoms with Crippen molar-refractivity contribution in [3.05, 3.63) is 22.4 Å². The molecule has 0 radical (unpaired) electrons. The monoisotopic (exact) mass is 264 g/mol. The fourth-order valence-corrected chi connectivity index (χ4v) is 4.03. The van der Waals surface area contributed by atoms with E-state index < -0.39 is 0 Å². The molecule has 0 spiro atoms. The Hall–Kier alpha value is -0.870. The smallest absolute Gasteiger partial charge is 0.254 e. The number of hydrogen-bond donors (Lipinski definition) is 1. The van der Waals surface area contributed by atoms with Crippen molar-refractivity contribution in [1.29, 1.82) is 0 Å². The minimum Gasteiger partial charge on any atom is -0.336 e. The summed E-state index contributed by atoms with van der Waals surface area (Å²) in [6.45, 7) is 2.91. The molecule has 4 heteroatoms. The summed E-state index contributed by atoms with van der Waals surface area (Å²) in [6.07, 6.45) is 4.82. The molecule has 3 nitrogen and oxygen atoms in total. The largest absolute Gasteiger partial charge is 0.336 e. The molecule has 2 bridgehead atoms. The van der Waals surface area contributed by atoms with Gasteiger partial charge in [-0.3, -0.25) is 4.79 Å². The zero-order chi connectivity index (χ0) is 12.5. The van der Waals surface area contributed by atoms with E-state index in [4.69, 9.17) is 0 Å². The van der Waals surface area contributed by atoms with Crippen molar-refractivity contribution < 1.29 is 4.79 Å². The van der Waals surface area contributed by atoms with Crippen LogP contribution in [0.1, 0.15) is 43.0 Å². The first-order valence-electron chi connectivity index (χ1n) is 6.87. The predicted octanol–water partition coefficient (Wildman–Crippen LogP) is 2.49. The van der Waals surface area contributed by atoms with Crippen LogP contribution < -0.4 is 5.32 Å². The molecule has 0 aliphatic carbocycles. The second-order valence-corrected chi connectivity index (χ2v) is 6.15. The van der Waals surface area contributed by atoms with E-state index >= 15 is 0 Å². The van der Waals surface area contributed by atoms with Crippen molar-refractivity contribution in [3.8, 4) is 0 Å². The number of amides is 1. The first-order chi connectivity index (χ1) is 8.78. The van der Waals surface area contributed by atoms with E-state index in [2.05, 4.69) is 17.1 Å². The molecule has 1 aromatic heterocycles. The Morgan fingerprint density at radius 3 is 2.72 bits per heavy atom. The predicted molar refractivity (Wildman–Crippen MR) is 74.0 cm³/mol. The number of hydrogen-bond acceptors (Lipinski definition) is 3.